The molecule has 0 radical (unpaired) electrons. The third-order valence-corrected chi connectivity index (χ3v) is 3.01. The molecule has 4 nitrogen and oxygen atoms in total. The normalized spacial score (nSPS) is 10.3. The highest BCUT2D eigenvalue weighted by Gasteiger charge is 2.16. The van der Waals surface area contributed by atoms with Gasteiger partial charge < -0.3 is 10.6 Å². The van der Waals surface area contributed by atoms with E-state index < -0.39 is 11.7 Å². The maximum atomic E-state index is 13.1. The van der Waals surface area contributed by atoms with Gasteiger partial charge in [-0.15, -0.1) is 0 Å². The summed E-state index contributed by atoms with van der Waals surface area (Å²) in [5.74, 6) is -0.984. The van der Waals surface area contributed by atoms with Crippen molar-refractivity contribution in [2.24, 2.45) is 0 Å². The Balaban J connectivity index is 2.18. The molecule has 0 atom stereocenters. The molecule has 0 saturated heterocycles. The van der Waals surface area contributed by atoms with Gasteiger partial charge in [0.2, 0.25) is 0 Å². The quantitative estimate of drug-likeness (QED) is 0.946. The number of rotatable bonds is 3. The van der Waals surface area contributed by atoms with Crippen molar-refractivity contribution in [3.8, 4) is 0 Å². The minimum Gasteiger partial charge on any atom is -0.383 e. The SMILES string of the molecule is CN(Cc1cccc(Cl)c1)C(=O)c1cc(F)cnc1N. The highest BCUT2D eigenvalue weighted by Crippen LogP contribution is 2.16. The number of benzene rings is 1. The lowest BCUT2D eigenvalue weighted by atomic mass is 10.2. The average molecular weight is 294 g/mol. The first-order valence-electron chi connectivity index (χ1n) is 5.88. The van der Waals surface area contributed by atoms with E-state index in [9.17, 15) is 9.18 Å². The Labute approximate surface area is 121 Å². The van der Waals surface area contributed by atoms with Crippen molar-refractivity contribution in [3.63, 3.8) is 0 Å². The molecule has 6 heteroatoms. The monoisotopic (exact) mass is 293 g/mol. The molecule has 1 heterocycles. The largest absolute Gasteiger partial charge is 0.383 e. The molecule has 0 saturated carbocycles. The Kier molecular flexibility index (Phi) is 4.20. The number of anilines is 1. The Morgan fingerprint density at radius 1 is 1.45 bits per heavy atom. The molecular formula is C14H13ClFN3O. The number of carbonyl (C=O) groups is 1. The Morgan fingerprint density at radius 3 is 2.90 bits per heavy atom. The molecule has 0 spiro atoms. The Bertz CT molecular complexity index is 648. The van der Waals surface area contributed by atoms with Gasteiger partial charge in [0.15, 0.2) is 0 Å². The molecule has 0 aliphatic carbocycles. The highest BCUT2D eigenvalue weighted by atomic mass is 35.5. The van der Waals surface area contributed by atoms with Gasteiger partial charge in [-0.25, -0.2) is 9.37 Å². The topological polar surface area (TPSA) is 59.2 Å². The molecule has 1 aromatic carbocycles. The molecule has 0 aliphatic rings. The van der Waals surface area contributed by atoms with Gasteiger partial charge in [0.1, 0.15) is 11.6 Å². The maximum absolute atomic E-state index is 13.1. The molecule has 0 aliphatic heterocycles. The molecule has 1 aromatic heterocycles. The van der Waals surface area contributed by atoms with Crippen LogP contribution in [-0.4, -0.2) is 22.8 Å². The highest BCUT2D eigenvalue weighted by molar-refractivity contribution is 6.30. The molecule has 2 N–H and O–H groups in total. The van der Waals surface area contributed by atoms with Crippen LogP contribution in [-0.2, 0) is 6.54 Å². The number of halogens is 2. The molecule has 2 rings (SSSR count). The zero-order valence-electron chi connectivity index (χ0n) is 10.8. The maximum Gasteiger partial charge on any atom is 0.257 e. The van der Waals surface area contributed by atoms with E-state index >= 15 is 0 Å². The van der Waals surface area contributed by atoms with Gasteiger partial charge in [0, 0.05) is 18.6 Å². The summed E-state index contributed by atoms with van der Waals surface area (Å²) in [6.07, 6.45) is 0.975. The molecule has 2 aromatic rings. The molecule has 104 valence electrons. The fourth-order valence-electron chi connectivity index (χ4n) is 1.81. The van der Waals surface area contributed by atoms with Crippen molar-refractivity contribution in [2.75, 3.05) is 12.8 Å². The van der Waals surface area contributed by atoms with Crippen LogP contribution >= 0.6 is 11.6 Å². The van der Waals surface area contributed by atoms with Crippen LogP contribution in [0, 0.1) is 5.82 Å². The van der Waals surface area contributed by atoms with Crippen LogP contribution in [0.15, 0.2) is 36.5 Å². The Morgan fingerprint density at radius 2 is 2.20 bits per heavy atom. The van der Waals surface area contributed by atoms with Crippen molar-refractivity contribution in [1.82, 2.24) is 9.88 Å². The van der Waals surface area contributed by atoms with Crippen LogP contribution in [0.5, 0.6) is 0 Å². The Hall–Kier alpha value is -2.14. The predicted octanol–water partition coefficient (Wildman–Crippen LogP) is 2.73. The van der Waals surface area contributed by atoms with E-state index in [4.69, 9.17) is 17.3 Å². The number of nitrogen functional groups attached to an aromatic ring is 1. The summed E-state index contributed by atoms with van der Waals surface area (Å²) < 4.78 is 13.1. The second-order valence-electron chi connectivity index (χ2n) is 4.38. The second kappa shape index (κ2) is 5.88. The van der Waals surface area contributed by atoms with E-state index in [1.54, 1.807) is 25.2 Å². The van der Waals surface area contributed by atoms with Gasteiger partial charge >= 0.3 is 0 Å². The summed E-state index contributed by atoms with van der Waals surface area (Å²) in [5.41, 5.74) is 6.52. The lowest BCUT2D eigenvalue weighted by molar-refractivity contribution is 0.0785. The second-order valence-corrected chi connectivity index (χ2v) is 4.81. The summed E-state index contributed by atoms with van der Waals surface area (Å²) >= 11 is 5.89. The predicted molar refractivity (Wildman–Crippen MR) is 75.9 cm³/mol. The minimum absolute atomic E-state index is 0.00865. The first-order chi connectivity index (χ1) is 9.47. The summed E-state index contributed by atoms with van der Waals surface area (Å²) in [7, 11) is 1.60. The number of aromatic nitrogens is 1. The number of hydrogen-bond donors (Lipinski definition) is 1. The zero-order valence-corrected chi connectivity index (χ0v) is 11.6. The summed E-state index contributed by atoms with van der Waals surface area (Å²) in [5, 5.41) is 0.593. The van der Waals surface area contributed by atoms with Crippen LogP contribution in [0.4, 0.5) is 10.2 Å². The van der Waals surface area contributed by atoms with Crippen molar-refractivity contribution in [3.05, 3.63) is 58.5 Å². The van der Waals surface area contributed by atoms with Gasteiger partial charge in [0.05, 0.1) is 11.8 Å². The molecule has 0 fully saturated rings. The third kappa shape index (κ3) is 3.24. The summed E-state index contributed by atoms with van der Waals surface area (Å²) in [6, 6.07) is 8.25. The van der Waals surface area contributed by atoms with Gasteiger partial charge in [-0.1, -0.05) is 23.7 Å². The zero-order chi connectivity index (χ0) is 14.7. The van der Waals surface area contributed by atoms with Gasteiger partial charge in [0.25, 0.3) is 5.91 Å². The van der Waals surface area contributed by atoms with E-state index in [2.05, 4.69) is 4.98 Å². The van der Waals surface area contributed by atoms with Crippen molar-refractivity contribution >= 4 is 23.3 Å². The number of pyridine rings is 1. The number of carbonyl (C=O) groups excluding carboxylic acids is 1. The van der Waals surface area contributed by atoms with Gasteiger partial charge in [-0.3, -0.25) is 4.79 Å². The third-order valence-electron chi connectivity index (χ3n) is 2.77. The average Bonchev–Trinajstić information content (AvgIpc) is 2.40. The van der Waals surface area contributed by atoms with Crippen molar-refractivity contribution in [2.45, 2.75) is 6.54 Å². The molecule has 0 unspecified atom stereocenters. The standard InChI is InChI=1S/C14H13ClFN3O/c1-19(8-9-3-2-4-10(15)5-9)14(20)12-6-11(16)7-18-13(12)17/h2-7H,8H2,1H3,(H2,17,18). The molecule has 1 amide bonds. The van der Waals surface area contributed by atoms with Gasteiger partial charge in [-0.05, 0) is 23.8 Å². The van der Waals surface area contributed by atoms with E-state index in [1.807, 2.05) is 6.07 Å². The molecule has 20 heavy (non-hydrogen) atoms. The van der Waals surface area contributed by atoms with Crippen LogP contribution in [0.25, 0.3) is 0 Å². The smallest absolute Gasteiger partial charge is 0.257 e. The lowest BCUT2D eigenvalue weighted by Crippen LogP contribution is -2.27. The molecule has 0 bridgehead atoms. The van der Waals surface area contributed by atoms with Gasteiger partial charge in [-0.2, -0.15) is 0 Å². The molecular weight excluding hydrogens is 281 g/mol. The lowest BCUT2D eigenvalue weighted by Gasteiger charge is -2.18. The first kappa shape index (κ1) is 14.3. The summed E-state index contributed by atoms with van der Waals surface area (Å²) in [6.45, 7) is 0.343. The summed E-state index contributed by atoms with van der Waals surface area (Å²) in [4.78, 5) is 17.3. The minimum atomic E-state index is -0.598. The van der Waals surface area contributed by atoms with Crippen LogP contribution in [0.2, 0.25) is 5.02 Å². The van der Waals surface area contributed by atoms with E-state index in [-0.39, 0.29) is 11.4 Å². The van der Waals surface area contributed by atoms with Crippen molar-refractivity contribution in [1.29, 1.82) is 0 Å². The van der Waals surface area contributed by atoms with E-state index in [0.29, 0.717) is 11.6 Å². The fraction of sp³-hybridized carbons (Fsp3) is 0.143. The van der Waals surface area contributed by atoms with Crippen LogP contribution in [0.1, 0.15) is 15.9 Å². The number of nitrogens with zero attached hydrogens (tertiary/aromatic N) is 2. The van der Waals surface area contributed by atoms with Crippen LogP contribution < -0.4 is 5.73 Å². The van der Waals surface area contributed by atoms with E-state index in [1.165, 1.54) is 4.90 Å². The fourth-order valence-corrected chi connectivity index (χ4v) is 2.02. The van der Waals surface area contributed by atoms with Crippen LogP contribution in [0.3, 0.4) is 0 Å². The first-order valence-corrected chi connectivity index (χ1v) is 6.26. The number of hydrogen-bond acceptors (Lipinski definition) is 3. The van der Waals surface area contributed by atoms with E-state index in [0.717, 1.165) is 17.8 Å². The van der Waals surface area contributed by atoms with Crippen molar-refractivity contribution < 1.29 is 9.18 Å². The number of nitrogens with two attached hydrogens (primary N) is 1. The number of amides is 1.